The number of nitrogens with one attached hydrogen (secondary N) is 1. The van der Waals surface area contributed by atoms with Crippen molar-refractivity contribution in [1.82, 2.24) is 5.32 Å². The smallest absolute Gasteiger partial charge is 0.338 e. The molecule has 3 nitrogen and oxygen atoms in total. The molecule has 1 aromatic rings. The molecule has 1 aliphatic heterocycles. The Balaban J connectivity index is 2.54. The molecule has 1 N–H and O–H groups in total. The van der Waals surface area contributed by atoms with E-state index >= 15 is 0 Å². The number of carbonyl (C=O) groups excluding carboxylic acids is 1. The summed E-state index contributed by atoms with van der Waals surface area (Å²) < 4.78 is 17.7. The molecule has 1 aromatic carbocycles. The molecule has 0 unspecified atom stereocenters. The van der Waals surface area contributed by atoms with Crippen molar-refractivity contribution < 1.29 is 13.9 Å². The van der Waals surface area contributed by atoms with E-state index in [0.29, 0.717) is 18.7 Å². The Morgan fingerprint density at radius 1 is 1.50 bits per heavy atom. The molecule has 0 radical (unpaired) electrons. The van der Waals surface area contributed by atoms with E-state index in [1.807, 2.05) is 0 Å². The summed E-state index contributed by atoms with van der Waals surface area (Å²) >= 11 is 0. The fraction of sp³-hybridized carbons (Fsp3) is 0.300. The van der Waals surface area contributed by atoms with Crippen LogP contribution >= 0.6 is 0 Å². The first kappa shape index (κ1) is 9.15. The Labute approximate surface area is 80.9 Å². The van der Waals surface area contributed by atoms with Crippen LogP contribution in [0.25, 0.3) is 0 Å². The van der Waals surface area contributed by atoms with Crippen LogP contribution in [0.2, 0.25) is 0 Å². The van der Waals surface area contributed by atoms with Crippen molar-refractivity contribution in [1.29, 1.82) is 0 Å². The highest BCUT2D eigenvalue weighted by Crippen LogP contribution is 2.22. The standard InChI is InChI=1S/C10H10FNO2/c1-14-10(13)8-3-7(11)2-6-4-12-5-9(6)8/h2-3,12H,4-5H2,1H3. The zero-order chi connectivity index (χ0) is 10.1. The van der Waals surface area contributed by atoms with Crippen molar-refractivity contribution in [3.8, 4) is 0 Å². The molecule has 0 aliphatic carbocycles. The highest BCUT2D eigenvalue weighted by molar-refractivity contribution is 5.91. The lowest BCUT2D eigenvalue weighted by molar-refractivity contribution is 0.0599. The van der Waals surface area contributed by atoms with Crippen molar-refractivity contribution in [3.05, 3.63) is 34.6 Å². The van der Waals surface area contributed by atoms with Gasteiger partial charge in [-0.3, -0.25) is 0 Å². The van der Waals surface area contributed by atoms with Crippen molar-refractivity contribution in [2.75, 3.05) is 7.11 Å². The van der Waals surface area contributed by atoms with Crippen LogP contribution in [0, 0.1) is 5.82 Å². The van der Waals surface area contributed by atoms with Crippen LogP contribution in [0.5, 0.6) is 0 Å². The lowest BCUT2D eigenvalue weighted by atomic mass is 10.0. The summed E-state index contributed by atoms with van der Waals surface area (Å²) in [5, 5.41) is 3.06. The van der Waals surface area contributed by atoms with Gasteiger partial charge in [0.2, 0.25) is 0 Å². The summed E-state index contributed by atoms with van der Waals surface area (Å²) in [5.74, 6) is -0.877. The number of rotatable bonds is 1. The topological polar surface area (TPSA) is 38.3 Å². The number of fused-ring (bicyclic) bond motifs is 1. The fourth-order valence-electron chi connectivity index (χ4n) is 1.67. The number of halogens is 1. The molecule has 2 rings (SSSR count). The Hall–Kier alpha value is -1.42. The lowest BCUT2D eigenvalue weighted by Crippen LogP contribution is -2.07. The Kier molecular flexibility index (Phi) is 2.21. The van der Waals surface area contributed by atoms with Crippen LogP contribution in [-0.2, 0) is 17.8 Å². The Bertz CT molecular complexity index is 390. The van der Waals surface area contributed by atoms with E-state index in [4.69, 9.17) is 0 Å². The van der Waals surface area contributed by atoms with Gasteiger partial charge in [0.05, 0.1) is 12.7 Å². The van der Waals surface area contributed by atoms with E-state index in [1.54, 1.807) is 0 Å². The van der Waals surface area contributed by atoms with Gasteiger partial charge in [-0.05, 0) is 23.3 Å². The molecule has 1 heterocycles. The maximum atomic E-state index is 13.1. The van der Waals surface area contributed by atoms with E-state index < -0.39 is 11.8 Å². The molecule has 0 saturated carbocycles. The molecule has 0 bridgehead atoms. The zero-order valence-corrected chi connectivity index (χ0v) is 7.76. The van der Waals surface area contributed by atoms with Crippen molar-refractivity contribution >= 4 is 5.97 Å². The highest BCUT2D eigenvalue weighted by atomic mass is 19.1. The predicted octanol–water partition coefficient (Wildman–Crippen LogP) is 1.22. The molecule has 0 amide bonds. The molecule has 1 aliphatic rings. The molecule has 0 spiro atoms. The van der Waals surface area contributed by atoms with Crippen LogP contribution in [0.3, 0.4) is 0 Å². The van der Waals surface area contributed by atoms with Crippen molar-refractivity contribution in [3.63, 3.8) is 0 Å². The van der Waals surface area contributed by atoms with Crippen molar-refractivity contribution in [2.45, 2.75) is 13.1 Å². The maximum Gasteiger partial charge on any atom is 0.338 e. The van der Waals surface area contributed by atoms with Gasteiger partial charge in [-0.1, -0.05) is 0 Å². The first-order valence-corrected chi connectivity index (χ1v) is 4.32. The molecule has 0 aromatic heterocycles. The second-order valence-electron chi connectivity index (χ2n) is 3.19. The van der Waals surface area contributed by atoms with Gasteiger partial charge in [-0.15, -0.1) is 0 Å². The van der Waals surface area contributed by atoms with Crippen LogP contribution in [0.4, 0.5) is 4.39 Å². The Morgan fingerprint density at radius 2 is 2.29 bits per heavy atom. The highest BCUT2D eigenvalue weighted by Gasteiger charge is 2.20. The van der Waals surface area contributed by atoms with Gasteiger partial charge in [-0.25, -0.2) is 9.18 Å². The molecular formula is C10H10FNO2. The lowest BCUT2D eigenvalue weighted by Gasteiger charge is -2.05. The van der Waals surface area contributed by atoms with E-state index in [1.165, 1.54) is 19.2 Å². The second-order valence-corrected chi connectivity index (χ2v) is 3.19. The van der Waals surface area contributed by atoms with E-state index in [9.17, 15) is 9.18 Å². The molecule has 0 atom stereocenters. The van der Waals surface area contributed by atoms with Gasteiger partial charge in [0.15, 0.2) is 0 Å². The summed E-state index contributed by atoms with van der Waals surface area (Å²) in [6.45, 7) is 1.21. The van der Waals surface area contributed by atoms with E-state index in [-0.39, 0.29) is 0 Å². The fourth-order valence-corrected chi connectivity index (χ4v) is 1.67. The van der Waals surface area contributed by atoms with Crippen LogP contribution in [-0.4, -0.2) is 13.1 Å². The van der Waals surface area contributed by atoms with Gasteiger partial charge in [0.25, 0.3) is 0 Å². The number of benzene rings is 1. The third kappa shape index (κ3) is 1.37. The molecule has 14 heavy (non-hydrogen) atoms. The minimum absolute atomic E-state index is 0.326. The number of carbonyl (C=O) groups is 1. The number of methoxy groups -OCH3 is 1. The summed E-state index contributed by atoms with van der Waals surface area (Å²) in [6.07, 6.45) is 0. The number of hydrogen-bond acceptors (Lipinski definition) is 3. The number of esters is 1. The maximum absolute atomic E-state index is 13.1. The van der Waals surface area contributed by atoms with Crippen LogP contribution in [0.15, 0.2) is 12.1 Å². The van der Waals surface area contributed by atoms with Crippen LogP contribution < -0.4 is 5.32 Å². The average Bonchev–Trinajstić information content (AvgIpc) is 2.62. The summed E-state index contributed by atoms with van der Waals surface area (Å²) in [7, 11) is 1.29. The van der Waals surface area contributed by atoms with Gasteiger partial charge in [0, 0.05) is 13.1 Å². The van der Waals surface area contributed by atoms with Crippen molar-refractivity contribution in [2.24, 2.45) is 0 Å². The van der Waals surface area contributed by atoms with E-state index in [0.717, 1.165) is 11.1 Å². The number of ether oxygens (including phenoxy) is 1. The normalized spacial score (nSPS) is 13.9. The average molecular weight is 195 g/mol. The third-order valence-electron chi connectivity index (χ3n) is 2.33. The molecular weight excluding hydrogens is 185 g/mol. The SMILES string of the molecule is COC(=O)c1cc(F)cc2c1CNC2. The first-order chi connectivity index (χ1) is 6.72. The first-order valence-electron chi connectivity index (χ1n) is 4.32. The van der Waals surface area contributed by atoms with Gasteiger partial charge in [0.1, 0.15) is 5.82 Å². The number of hydrogen-bond donors (Lipinski definition) is 1. The summed E-state index contributed by atoms with van der Waals surface area (Å²) in [6, 6.07) is 2.67. The van der Waals surface area contributed by atoms with Gasteiger partial charge < -0.3 is 10.1 Å². The van der Waals surface area contributed by atoms with Gasteiger partial charge in [-0.2, -0.15) is 0 Å². The summed E-state index contributed by atoms with van der Waals surface area (Å²) in [4.78, 5) is 11.3. The van der Waals surface area contributed by atoms with Gasteiger partial charge >= 0.3 is 5.97 Å². The third-order valence-corrected chi connectivity index (χ3v) is 2.33. The van der Waals surface area contributed by atoms with E-state index in [2.05, 4.69) is 10.1 Å². The monoisotopic (exact) mass is 195 g/mol. The molecule has 0 saturated heterocycles. The Morgan fingerprint density at radius 3 is 3.00 bits per heavy atom. The minimum atomic E-state index is -0.482. The predicted molar refractivity (Wildman–Crippen MR) is 48.3 cm³/mol. The summed E-state index contributed by atoms with van der Waals surface area (Å²) in [5.41, 5.74) is 2.01. The minimum Gasteiger partial charge on any atom is -0.465 e. The zero-order valence-electron chi connectivity index (χ0n) is 7.76. The van der Waals surface area contributed by atoms with Crippen LogP contribution in [0.1, 0.15) is 21.5 Å². The molecule has 0 fully saturated rings. The molecule has 4 heteroatoms. The molecule has 74 valence electrons. The second kappa shape index (κ2) is 3.38. The quantitative estimate of drug-likeness (QED) is 0.684. The largest absolute Gasteiger partial charge is 0.465 e.